The van der Waals surface area contributed by atoms with Gasteiger partial charge in [0.05, 0.1) is 0 Å². The highest BCUT2D eigenvalue weighted by Gasteiger charge is 2.21. The van der Waals surface area contributed by atoms with E-state index in [1.807, 2.05) is 0 Å². The minimum atomic E-state index is 0.589. The van der Waals surface area contributed by atoms with Crippen LogP contribution in [0.3, 0.4) is 0 Å². The van der Waals surface area contributed by atoms with E-state index in [1.54, 1.807) is 0 Å². The normalized spacial score (nSPS) is 21.3. The molecule has 0 radical (unpaired) electrons. The summed E-state index contributed by atoms with van der Waals surface area (Å²) in [4.78, 5) is 2.64. The monoisotopic (exact) mass is 260 g/mol. The van der Waals surface area contributed by atoms with E-state index in [2.05, 4.69) is 56.1 Å². The second-order valence-corrected chi connectivity index (χ2v) is 6.10. The van der Waals surface area contributed by atoms with Crippen molar-refractivity contribution in [2.24, 2.45) is 0 Å². The Morgan fingerprint density at radius 2 is 2.05 bits per heavy atom. The average molecular weight is 260 g/mol. The first-order valence-corrected chi connectivity index (χ1v) is 7.68. The fourth-order valence-corrected chi connectivity index (χ4v) is 3.06. The van der Waals surface area contributed by atoms with Crippen molar-refractivity contribution in [3.63, 3.8) is 0 Å². The highest BCUT2D eigenvalue weighted by atomic mass is 15.2. The van der Waals surface area contributed by atoms with Crippen LogP contribution in [0.1, 0.15) is 50.7 Å². The van der Waals surface area contributed by atoms with Crippen molar-refractivity contribution in [1.29, 1.82) is 0 Å². The summed E-state index contributed by atoms with van der Waals surface area (Å²) in [5, 5.41) is 3.51. The van der Waals surface area contributed by atoms with Gasteiger partial charge in [0.1, 0.15) is 0 Å². The lowest BCUT2D eigenvalue weighted by Gasteiger charge is -2.36. The van der Waals surface area contributed by atoms with Crippen LogP contribution in [0.25, 0.3) is 0 Å². The molecule has 2 heteroatoms. The van der Waals surface area contributed by atoms with Gasteiger partial charge in [0.15, 0.2) is 0 Å². The second-order valence-electron chi connectivity index (χ2n) is 6.10. The molecule has 0 bridgehead atoms. The molecule has 1 fully saturated rings. The summed E-state index contributed by atoms with van der Waals surface area (Å²) in [6.07, 6.45) is 2.46. The van der Waals surface area contributed by atoms with Crippen molar-refractivity contribution in [1.82, 2.24) is 5.32 Å². The van der Waals surface area contributed by atoms with E-state index in [0.29, 0.717) is 12.0 Å². The zero-order valence-corrected chi connectivity index (χ0v) is 12.9. The maximum atomic E-state index is 3.51. The molecule has 2 nitrogen and oxygen atoms in total. The van der Waals surface area contributed by atoms with Crippen molar-refractivity contribution in [3.8, 4) is 0 Å². The van der Waals surface area contributed by atoms with Crippen LogP contribution < -0.4 is 10.2 Å². The molecule has 1 saturated heterocycles. The molecular weight excluding hydrogens is 232 g/mol. The van der Waals surface area contributed by atoms with Gasteiger partial charge in [-0.2, -0.15) is 0 Å². The fraction of sp³-hybridized carbons (Fsp3) is 0.647. The predicted molar refractivity (Wildman–Crippen MR) is 84.2 cm³/mol. The number of aryl methyl sites for hydroxylation is 1. The quantitative estimate of drug-likeness (QED) is 0.872. The van der Waals surface area contributed by atoms with Gasteiger partial charge < -0.3 is 10.2 Å². The van der Waals surface area contributed by atoms with Gasteiger partial charge in [-0.25, -0.2) is 0 Å². The molecule has 19 heavy (non-hydrogen) atoms. The Bertz CT molecular complexity index is 412. The maximum Gasteiger partial charge on any atom is 0.0433 e. The summed E-state index contributed by atoms with van der Waals surface area (Å²) in [7, 11) is 0. The summed E-state index contributed by atoms with van der Waals surface area (Å²) in [5.74, 6) is 0.589. The first-order chi connectivity index (χ1) is 9.11. The third-order valence-corrected chi connectivity index (χ3v) is 4.20. The number of nitrogens with zero attached hydrogens (tertiary/aromatic N) is 1. The van der Waals surface area contributed by atoms with Crippen molar-refractivity contribution >= 4 is 5.69 Å². The Hall–Kier alpha value is -1.02. The number of anilines is 1. The molecule has 1 aromatic rings. The van der Waals surface area contributed by atoms with Crippen molar-refractivity contribution in [2.45, 2.75) is 52.5 Å². The van der Waals surface area contributed by atoms with Gasteiger partial charge in [0, 0.05) is 18.3 Å². The van der Waals surface area contributed by atoms with Gasteiger partial charge >= 0.3 is 0 Å². The van der Waals surface area contributed by atoms with E-state index in [0.717, 1.165) is 13.1 Å². The lowest BCUT2D eigenvalue weighted by molar-refractivity contribution is 0.497. The van der Waals surface area contributed by atoms with Crippen LogP contribution in [0.2, 0.25) is 0 Å². The lowest BCUT2D eigenvalue weighted by atomic mass is 9.95. The van der Waals surface area contributed by atoms with Gasteiger partial charge in [-0.15, -0.1) is 0 Å². The molecule has 1 aliphatic heterocycles. The molecule has 1 heterocycles. The number of benzene rings is 1. The summed E-state index contributed by atoms with van der Waals surface area (Å²) >= 11 is 0. The average Bonchev–Trinajstić information content (AvgIpc) is 2.35. The first-order valence-electron chi connectivity index (χ1n) is 7.68. The van der Waals surface area contributed by atoms with Crippen LogP contribution in [0.4, 0.5) is 5.69 Å². The Morgan fingerprint density at radius 3 is 2.79 bits per heavy atom. The van der Waals surface area contributed by atoms with Gasteiger partial charge in [0.2, 0.25) is 0 Å². The molecule has 0 aromatic heterocycles. The Kier molecular flexibility index (Phi) is 4.87. The van der Waals surface area contributed by atoms with Crippen LogP contribution >= 0.6 is 0 Å². The van der Waals surface area contributed by atoms with Crippen molar-refractivity contribution in [2.75, 3.05) is 24.5 Å². The Balaban J connectivity index is 2.37. The molecule has 2 rings (SSSR count). The first kappa shape index (κ1) is 14.4. The minimum absolute atomic E-state index is 0.589. The Labute approximate surface area is 118 Å². The van der Waals surface area contributed by atoms with Crippen molar-refractivity contribution < 1.29 is 0 Å². The molecule has 106 valence electrons. The highest BCUT2D eigenvalue weighted by Crippen LogP contribution is 2.33. The fourth-order valence-electron chi connectivity index (χ4n) is 3.06. The number of hydrogen-bond donors (Lipinski definition) is 1. The highest BCUT2D eigenvalue weighted by molar-refractivity contribution is 5.61. The predicted octanol–water partition coefficient (Wildman–Crippen LogP) is 3.70. The summed E-state index contributed by atoms with van der Waals surface area (Å²) in [6.45, 7) is 12.7. The lowest BCUT2D eigenvalue weighted by Crippen LogP contribution is -2.41. The molecule has 0 saturated carbocycles. The van der Waals surface area contributed by atoms with Crippen LogP contribution in [0.5, 0.6) is 0 Å². The second kappa shape index (κ2) is 6.42. The topological polar surface area (TPSA) is 15.3 Å². The molecule has 1 atom stereocenters. The van der Waals surface area contributed by atoms with E-state index in [4.69, 9.17) is 0 Å². The largest absolute Gasteiger partial charge is 0.368 e. The number of hydrogen-bond acceptors (Lipinski definition) is 2. The Morgan fingerprint density at radius 1 is 1.26 bits per heavy atom. The van der Waals surface area contributed by atoms with E-state index in [1.165, 1.54) is 36.2 Å². The minimum Gasteiger partial charge on any atom is -0.368 e. The number of para-hydroxylation sites is 1. The summed E-state index contributed by atoms with van der Waals surface area (Å²) < 4.78 is 0. The zero-order chi connectivity index (χ0) is 13.8. The molecule has 1 unspecified atom stereocenters. The van der Waals surface area contributed by atoms with Gasteiger partial charge in [0.25, 0.3) is 0 Å². The summed E-state index contributed by atoms with van der Waals surface area (Å²) in [6, 6.07) is 7.37. The molecular formula is C17H28N2. The van der Waals surface area contributed by atoms with Gasteiger partial charge in [-0.1, -0.05) is 32.0 Å². The maximum absolute atomic E-state index is 3.51. The number of rotatable bonds is 2. The van der Waals surface area contributed by atoms with Gasteiger partial charge in [-0.05, 0) is 56.8 Å². The zero-order valence-electron chi connectivity index (χ0n) is 12.9. The van der Waals surface area contributed by atoms with Crippen LogP contribution in [-0.2, 0) is 0 Å². The van der Waals surface area contributed by atoms with Crippen LogP contribution in [-0.4, -0.2) is 25.7 Å². The van der Waals surface area contributed by atoms with Gasteiger partial charge in [-0.3, -0.25) is 0 Å². The smallest absolute Gasteiger partial charge is 0.0433 e. The van der Waals surface area contributed by atoms with E-state index in [9.17, 15) is 0 Å². The molecule has 1 N–H and O–H groups in total. The molecule has 0 spiro atoms. The van der Waals surface area contributed by atoms with Crippen LogP contribution in [0.15, 0.2) is 18.2 Å². The standard InChI is InChI=1S/C17H28N2/c1-13(2)16-8-5-7-14(3)17(16)19-12-6-10-18-11-9-15(19)4/h5,7-8,13,15,18H,6,9-12H2,1-4H3. The molecule has 1 aliphatic rings. The SMILES string of the molecule is Cc1cccc(C(C)C)c1N1CCCNCCC1C. The number of nitrogens with one attached hydrogen (secondary N) is 1. The third kappa shape index (κ3) is 3.30. The van der Waals surface area contributed by atoms with Crippen molar-refractivity contribution in [3.05, 3.63) is 29.3 Å². The summed E-state index contributed by atoms with van der Waals surface area (Å²) in [5.41, 5.74) is 4.42. The van der Waals surface area contributed by atoms with E-state index < -0.39 is 0 Å². The molecule has 1 aromatic carbocycles. The van der Waals surface area contributed by atoms with E-state index in [-0.39, 0.29) is 0 Å². The molecule has 0 amide bonds. The molecule has 0 aliphatic carbocycles. The third-order valence-electron chi connectivity index (χ3n) is 4.20. The van der Waals surface area contributed by atoms with E-state index >= 15 is 0 Å². The van der Waals surface area contributed by atoms with Crippen LogP contribution in [0, 0.1) is 6.92 Å².